The molecule has 4 atom stereocenters. The summed E-state index contributed by atoms with van der Waals surface area (Å²) in [6.45, 7) is 3.44. The minimum Gasteiger partial charge on any atom is -0.384 e. The summed E-state index contributed by atoms with van der Waals surface area (Å²) in [5.41, 5.74) is 14.9. The molecule has 2 aliphatic carbocycles. The minimum absolute atomic E-state index is 0. The van der Waals surface area contributed by atoms with Crippen molar-refractivity contribution in [3.05, 3.63) is 65.5 Å². The van der Waals surface area contributed by atoms with Gasteiger partial charge in [-0.25, -0.2) is 14.3 Å². The van der Waals surface area contributed by atoms with Crippen LogP contribution < -0.4 is 16.8 Å². The molecule has 1 aromatic carbocycles. The molecule has 8 nitrogen and oxygen atoms in total. The van der Waals surface area contributed by atoms with Crippen LogP contribution in [0.1, 0.15) is 74.7 Å². The van der Waals surface area contributed by atoms with Crippen LogP contribution in [-0.4, -0.2) is 44.4 Å². The second kappa shape index (κ2) is 13.5. The number of aromatic nitrogens is 2. The molecule has 3 aromatic rings. The third kappa shape index (κ3) is 6.25. The Morgan fingerprint density at radius 3 is 2.51 bits per heavy atom. The van der Waals surface area contributed by atoms with Gasteiger partial charge in [0.2, 0.25) is 0 Å². The molecule has 0 spiro atoms. The summed E-state index contributed by atoms with van der Waals surface area (Å²) in [6, 6.07) is 15.6. The number of nitrogens with zero attached hydrogens (tertiary/aromatic N) is 3. The molecule has 3 aliphatic rings. The molecule has 10 heteroatoms. The van der Waals surface area contributed by atoms with Crippen LogP contribution in [0.5, 0.6) is 0 Å². The standard InChI is InChI=1S/C33H42N6O2.2ClH/c1-22-25(14-16-30(34)37-22)21-39(17-7-11-26-19-33(26,39)32(35)41)31(40)29(18-23-8-3-2-4-9-23)36-20-27-15-13-24-10-5-6-12-28(24)38-27;;/h5-6,10,12-16,23,26,29,36H,2-4,7-9,11,17-21H2,1H3,(H3-,34,35,37,41);2*1H/p+1/t26-,29-,33+,39?;;/m1../s1. The van der Waals surface area contributed by atoms with Gasteiger partial charge in [0.05, 0.1) is 17.8 Å². The van der Waals surface area contributed by atoms with Crippen molar-refractivity contribution >= 4 is 53.3 Å². The summed E-state index contributed by atoms with van der Waals surface area (Å²) in [6.07, 6.45) is 9.26. The van der Waals surface area contributed by atoms with Gasteiger partial charge < -0.3 is 11.5 Å². The SMILES string of the molecule is Cc1nc(N)ccc1C[N+]1(C(=O)[C@@H](CC2CCCCC2)NCc2ccc3ccccc3n2)CCC[C@@H]2C[C@@]21C(N)=O.Cl.Cl. The number of hydrogen-bond donors (Lipinski definition) is 3. The largest absolute Gasteiger partial charge is 0.384 e. The van der Waals surface area contributed by atoms with Crippen LogP contribution in [0.2, 0.25) is 0 Å². The molecule has 0 radical (unpaired) electrons. The first-order chi connectivity index (χ1) is 19.8. The lowest BCUT2D eigenvalue weighted by Gasteiger charge is -2.46. The molecule has 232 valence electrons. The van der Waals surface area contributed by atoms with Gasteiger partial charge in [-0.3, -0.25) is 15.1 Å². The highest BCUT2D eigenvalue weighted by Crippen LogP contribution is 2.59. The average molecular weight is 629 g/mol. The van der Waals surface area contributed by atoms with Crippen LogP contribution in [0.4, 0.5) is 5.82 Å². The zero-order valence-electron chi connectivity index (χ0n) is 25.0. The lowest BCUT2D eigenvalue weighted by atomic mass is 9.83. The Hall–Kier alpha value is -2.78. The van der Waals surface area contributed by atoms with Crippen LogP contribution in [0, 0.1) is 18.8 Å². The van der Waals surface area contributed by atoms with Gasteiger partial charge >= 0.3 is 5.91 Å². The number of aryl methyl sites for hydroxylation is 1. The maximum Gasteiger partial charge on any atom is 0.331 e. The number of carbonyl (C=O) groups is 2. The lowest BCUT2D eigenvalue weighted by Crippen LogP contribution is -2.71. The second-order valence-corrected chi connectivity index (χ2v) is 12.7. The Labute approximate surface area is 266 Å². The lowest BCUT2D eigenvalue weighted by molar-refractivity contribution is -0.900. The fraction of sp³-hybridized carbons (Fsp3) is 0.515. The number of rotatable bonds is 9. The molecule has 2 amide bonds. The Bertz CT molecular complexity index is 1460. The molecule has 3 heterocycles. The molecule has 1 saturated heterocycles. The smallest absolute Gasteiger partial charge is 0.331 e. The molecule has 0 bridgehead atoms. The summed E-state index contributed by atoms with van der Waals surface area (Å²) in [5, 5.41) is 4.76. The van der Waals surface area contributed by atoms with Crippen molar-refractivity contribution in [2.45, 2.75) is 89.4 Å². The van der Waals surface area contributed by atoms with E-state index in [4.69, 9.17) is 16.5 Å². The number of fused-ring (bicyclic) bond motifs is 2. The molecular formula is C33H45Cl2N6O2+. The number of para-hydroxylation sites is 1. The van der Waals surface area contributed by atoms with Crippen molar-refractivity contribution in [3.8, 4) is 0 Å². The fourth-order valence-electron chi connectivity index (χ4n) is 7.93. The van der Waals surface area contributed by atoms with Gasteiger partial charge in [0.25, 0.3) is 5.91 Å². The van der Waals surface area contributed by atoms with Gasteiger partial charge in [0.15, 0.2) is 5.54 Å². The number of carbonyl (C=O) groups excluding carboxylic acids is 2. The molecule has 5 N–H and O–H groups in total. The first-order valence-electron chi connectivity index (χ1n) is 15.3. The summed E-state index contributed by atoms with van der Waals surface area (Å²) in [5.74, 6) is 0.838. The van der Waals surface area contributed by atoms with E-state index in [0.29, 0.717) is 37.8 Å². The van der Waals surface area contributed by atoms with Gasteiger partial charge in [-0.15, -0.1) is 24.8 Å². The number of benzene rings is 1. The van der Waals surface area contributed by atoms with Crippen molar-refractivity contribution in [2.24, 2.45) is 17.6 Å². The minimum atomic E-state index is -0.850. The first kappa shape index (κ1) is 33.1. The molecule has 1 aliphatic heterocycles. The van der Waals surface area contributed by atoms with E-state index in [2.05, 4.69) is 22.4 Å². The van der Waals surface area contributed by atoms with E-state index in [9.17, 15) is 4.79 Å². The highest BCUT2D eigenvalue weighted by molar-refractivity contribution is 5.91. The predicted molar refractivity (Wildman–Crippen MR) is 175 cm³/mol. The number of nitrogens with two attached hydrogens (primary N) is 2. The van der Waals surface area contributed by atoms with Crippen LogP contribution in [0.25, 0.3) is 10.9 Å². The Morgan fingerprint density at radius 2 is 1.77 bits per heavy atom. The fourth-order valence-corrected chi connectivity index (χ4v) is 7.93. The number of piperidine rings is 1. The number of nitrogens with one attached hydrogen (secondary N) is 1. The van der Waals surface area contributed by atoms with Crippen LogP contribution in [-0.2, 0) is 22.7 Å². The second-order valence-electron chi connectivity index (χ2n) is 12.7. The third-order valence-electron chi connectivity index (χ3n) is 10.2. The van der Waals surface area contributed by atoms with Gasteiger partial charge in [-0.05, 0) is 56.4 Å². The number of quaternary nitrogens is 1. The summed E-state index contributed by atoms with van der Waals surface area (Å²) in [7, 11) is 0. The third-order valence-corrected chi connectivity index (χ3v) is 10.2. The maximum atomic E-state index is 15.1. The summed E-state index contributed by atoms with van der Waals surface area (Å²) >= 11 is 0. The number of amides is 2. The summed E-state index contributed by atoms with van der Waals surface area (Å²) < 4.78 is 0.0783. The van der Waals surface area contributed by atoms with Crippen molar-refractivity contribution < 1.29 is 14.1 Å². The van der Waals surface area contributed by atoms with E-state index in [-0.39, 0.29) is 47.0 Å². The van der Waals surface area contributed by atoms with Crippen molar-refractivity contribution in [3.63, 3.8) is 0 Å². The van der Waals surface area contributed by atoms with Gasteiger partial charge in [-0.1, -0.05) is 56.4 Å². The van der Waals surface area contributed by atoms with E-state index >= 15 is 4.79 Å². The molecule has 2 saturated carbocycles. The van der Waals surface area contributed by atoms with Crippen LogP contribution in [0.15, 0.2) is 48.5 Å². The molecule has 43 heavy (non-hydrogen) atoms. The van der Waals surface area contributed by atoms with Gasteiger partial charge in [-0.2, -0.15) is 0 Å². The van der Waals surface area contributed by atoms with E-state index < -0.39 is 11.6 Å². The zero-order valence-corrected chi connectivity index (χ0v) is 26.6. The van der Waals surface area contributed by atoms with Crippen molar-refractivity contribution in [1.82, 2.24) is 15.3 Å². The quantitative estimate of drug-likeness (QED) is 0.274. The number of halogens is 2. The number of nitrogen functional groups attached to an aromatic ring is 1. The van der Waals surface area contributed by atoms with Crippen molar-refractivity contribution in [2.75, 3.05) is 12.3 Å². The van der Waals surface area contributed by atoms with Crippen LogP contribution >= 0.6 is 24.8 Å². The Balaban J connectivity index is 0.00000212. The highest BCUT2D eigenvalue weighted by atomic mass is 35.5. The normalized spacial score (nSPS) is 25.6. The van der Waals surface area contributed by atoms with E-state index in [1.165, 1.54) is 19.3 Å². The van der Waals surface area contributed by atoms with Gasteiger partial charge in [0.1, 0.15) is 18.4 Å². The molecule has 2 aromatic heterocycles. The maximum absolute atomic E-state index is 15.1. The molecule has 3 fully saturated rings. The van der Waals surface area contributed by atoms with E-state index in [1.807, 2.05) is 37.3 Å². The number of hydrogen-bond acceptors (Lipinski definition) is 6. The van der Waals surface area contributed by atoms with E-state index in [0.717, 1.165) is 60.0 Å². The van der Waals surface area contributed by atoms with E-state index in [1.54, 1.807) is 6.07 Å². The Kier molecular flexibility index (Phi) is 10.4. The van der Waals surface area contributed by atoms with Crippen molar-refractivity contribution in [1.29, 1.82) is 0 Å². The van der Waals surface area contributed by atoms with Crippen LogP contribution in [0.3, 0.4) is 0 Å². The summed E-state index contributed by atoms with van der Waals surface area (Å²) in [4.78, 5) is 37.7. The highest BCUT2D eigenvalue weighted by Gasteiger charge is 2.76. The number of likely N-dealkylation sites (tertiary alicyclic amines) is 1. The topological polar surface area (TPSA) is 124 Å². The molecular weight excluding hydrogens is 583 g/mol. The average Bonchev–Trinajstić information content (AvgIpc) is 3.74. The number of primary amides is 1. The number of anilines is 1. The Morgan fingerprint density at radius 1 is 1.00 bits per heavy atom. The number of pyridine rings is 2. The van der Waals surface area contributed by atoms with Gasteiger partial charge in [0, 0.05) is 35.5 Å². The molecule has 6 rings (SSSR count). The zero-order chi connectivity index (χ0) is 28.6. The monoisotopic (exact) mass is 627 g/mol. The molecule has 1 unspecified atom stereocenters. The predicted octanol–water partition coefficient (Wildman–Crippen LogP) is 5.37. The first-order valence-corrected chi connectivity index (χ1v) is 15.3.